The SMILES string of the molecule is CC1(C(=O)Nc2cccc([N+](=O)[O-])c2)CCNCC1. The van der Waals surface area contributed by atoms with E-state index >= 15 is 0 Å². The van der Waals surface area contributed by atoms with Crippen molar-refractivity contribution in [1.82, 2.24) is 5.32 Å². The van der Waals surface area contributed by atoms with Crippen molar-refractivity contribution in [3.05, 3.63) is 34.4 Å². The molecule has 1 aromatic rings. The van der Waals surface area contributed by atoms with Crippen LogP contribution in [0.1, 0.15) is 19.8 Å². The van der Waals surface area contributed by atoms with E-state index in [2.05, 4.69) is 10.6 Å². The van der Waals surface area contributed by atoms with Crippen LogP contribution in [0.4, 0.5) is 11.4 Å². The Morgan fingerprint density at radius 3 is 2.74 bits per heavy atom. The van der Waals surface area contributed by atoms with E-state index < -0.39 is 10.3 Å². The molecule has 1 aliphatic heterocycles. The minimum Gasteiger partial charge on any atom is -0.325 e. The van der Waals surface area contributed by atoms with Gasteiger partial charge in [0.2, 0.25) is 5.91 Å². The molecule has 0 saturated carbocycles. The predicted octanol–water partition coefficient (Wildman–Crippen LogP) is 1.92. The summed E-state index contributed by atoms with van der Waals surface area (Å²) in [6, 6.07) is 6.01. The lowest BCUT2D eigenvalue weighted by Gasteiger charge is -2.32. The molecule has 1 aromatic carbocycles. The van der Waals surface area contributed by atoms with Crippen LogP contribution in [0.2, 0.25) is 0 Å². The van der Waals surface area contributed by atoms with Crippen molar-refractivity contribution in [3.63, 3.8) is 0 Å². The van der Waals surface area contributed by atoms with Crippen LogP contribution >= 0.6 is 0 Å². The summed E-state index contributed by atoms with van der Waals surface area (Å²) in [5.41, 5.74) is 0.0443. The van der Waals surface area contributed by atoms with Crippen LogP contribution in [-0.2, 0) is 4.79 Å². The largest absolute Gasteiger partial charge is 0.325 e. The fourth-order valence-corrected chi connectivity index (χ4v) is 2.18. The van der Waals surface area contributed by atoms with Crippen LogP contribution in [-0.4, -0.2) is 23.9 Å². The lowest BCUT2D eigenvalue weighted by atomic mass is 9.80. The van der Waals surface area contributed by atoms with Gasteiger partial charge in [-0.05, 0) is 32.0 Å². The van der Waals surface area contributed by atoms with Gasteiger partial charge in [-0.25, -0.2) is 0 Å². The van der Waals surface area contributed by atoms with E-state index in [-0.39, 0.29) is 11.6 Å². The van der Waals surface area contributed by atoms with Crippen LogP contribution in [0.25, 0.3) is 0 Å². The Labute approximate surface area is 111 Å². The molecule has 6 nitrogen and oxygen atoms in total. The van der Waals surface area contributed by atoms with Crippen molar-refractivity contribution in [2.45, 2.75) is 19.8 Å². The number of non-ortho nitro benzene ring substituents is 1. The number of carbonyl (C=O) groups excluding carboxylic acids is 1. The summed E-state index contributed by atoms with van der Waals surface area (Å²) in [6.07, 6.45) is 1.54. The highest BCUT2D eigenvalue weighted by molar-refractivity contribution is 5.95. The molecule has 1 saturated heterocycles. The topological polar surface area (TPSA) is 84.3 Å². The minimum absolute atomic E-state index is 0.0201. The van der Waals surface area contributed by atoms with Gasteiger partial charge in [0, 0.05) is 23.2 Å². The molecule has 1 aliphatic rings. The van der Waals surface area contributed by atoms with E-state index in [0.717, 1.165) is 25.9 Å². The normalized spacial score (nSPS) is 17.7. The number of piperidine rings is 1. The molecule has 2 rings (SSSR count). The molecule has 6 heteroatoms. The Morgan fingerprint density at radius 1 is 1.42 bits per heavy atom. The van der Waals surface area contributed by atoms with Crippen molar-refractivity contribution in [2.24, 2.45) is 5.41 Å². The van der Waals surface area contributed by atoms with E-state index in [1.54, 1.807) is 12.1 Å². The van der Waals surface area contributed by atoms with Gasteiger partial charge in [0.1, 0.15) is 0 Å². The second-order valence-electron chi connectivity index (χ2n) is 5.07. The standard InChI is InChI=1S/C13H17N3O3/c1-13(5-7-14-8-6-13)12(17)15-10-3-2-4-11(9-10)16(18)19/h2-4,9,14H,5-8H2,1H3,(H,15,17). The number of anilines is 1. The first-order valence-electron chi connectivity index (χ1n) is 6.28. The van der Waals surface area contributed by atoms with Crippen molar-refractivity contribution in [3.8, 4) is 0 Å². The molecule has 0 atom stereocenters. The molecule has 19 heavy (non-hydrogen) atoms. The van der Waals surface area contributed by atoms with Crippen LogP contribution in [0.5, 0.6) is 0 Å². The van der Waals surface area contributed by atoms with E-state index in [1.807, 2.05) is 6.92 Å². The number of nitrogens with zero attached hydrogens (tertiary/aromatic N) is 1. The molecule has 0 unspecified atom stereocenters. The number of hydrogen-bond acceptors (Lipinski definition) is 4. The Hall–Kier alpha value is -1.95. The number of nitro benzene ring substituents is 1. The third-order valence-corrected chi connectivity index (χ3v) is 3.57. The minimum atomic E-state index is -0.470. The highest BCUT2D eigenvalue weighted by Gasteiger charge is 2.34. The van der Waals surface area contributed by atoms with Crippen molar-refractivity contribution < 1.29 is 9.72 Å². The number of benzene rings is 1. The first-order chi connectivity index (χ1) is 9.01. The van der Waals surface area contributed by atoms with Gasteiger partial charge in [0.25, 0.3) is 5.69 Å². The first-order valence-corrected chi connectivity index (χ1v) is 6.28. The molecule has 1 heterocycles. The molecular weight excluding hydrogens is 246 g/mol. The van der Waals surface area contributed by atoms with Crippen LogP contribution in [0, 0.1) is 15.5 Å². The molecule has 0 bridgehead atoms. The summed E-state index contributed by atoms with van der Waals surface area (Å²) >= 11 is 0. The Bertz CT molecular complexity index is 496. The van der Waals surface area contributed by atoms with Gasteiger partial charge in [-0.1, -0.05) is 13.0 Å². The molecule has 0 radical (unpaired) electrons. The van der Waals surface area contributed by atoms with E-state index in [9.17, 15) is 14.9 Å². The molecule has 0 spiro atoms. The van der Waals surface area contributed by atoms with Gasteiger partial charge in [0.15, 0.2) is 0 Å². The highest BCUT2D eigenvalue weighted by Crippen LogP contribution is 2.30. The van der Waals surface area contributed by atoms with Crippen molar-refractivity contribution >= 4 is 17.3 Å². The number of nitrogens with one attached hydrogen (secondary N) is 2. The third kappa shape index (κ3) is 3.08. The molecule has 1 amide bonds. The average Bonchev–Trinajstić information content (AvgIpc) is 2.40. The Kier molecular flexibility index (Phi) is 3.80. The highest BCUT2D eigenvalue weighted by atomic mass is 16.6. The molecule has 0 aromatic heterocycles. The second-order valence-corrected chi connectivity index (χ2v) is 5.07. The number of amides is 1. The zero-order chi connectivity index (χ0) is 13.9. The summed E-state index contributed by atoms with van der Waals surface area (Å²) in [5.74, 6) is -0.0745. The second kappa shape index (κ2) is 5.36. The predicted molar refractivity (Wildman–Crippen MR) is 71.9 cm³/mol. The van der Waals surface area contributed by atoms with Gasteiger partial charge >= 0.3 is 0 Å². The third-order valence-electron chi connectivity index (χ3n) is 3.57. The Balaban J connectivity index is 2.10. The van der Waals surface area contributed by atoms with Crippen LogP contribution in [0.3, 0.4) is 0 Å². The molecular formula is C13H17N3O3. The maximum Gasteiger partial charge on any atom is 0.271 e. The van der Waals surface area contributed by atoms with Crippen molar-refractivity contribution in [2.75, 3.05) is 18.4 Å². The quantitative estimate of drug-likeness (QED) is 0.644. The van der Waals surface area contributed by atoms with Gasteiger partial charge in [-0.15, -0.1) is 0 Å². The molecule has 102 valence electrons. The molecule has 2 N–H and O–H groups in total. The fraction of sp³-hybridized carbons (Fsp3) is 0.462. The summed E-state index contributed by atoms with van der Waals surface area (Å²) in [6.45, 7) is 3.57. The zero-order valence-corrected chi connectivity index (χ0v) is 10.8. The smallest absolute Gasteiger partial charge is 0.271 e. The summed E-state index contributed by atoms with van der Waals surface area (Å²) in [5, 5.41) is 16.7. The number of hydrogen-bond donors (Lipinski definition) is 2. The summed E-state index contributed by atoms with van der Waals surface area (Å²) in [4.78, 5) is 22.5. The average molecular weight is 263 g/mol. The molecule has 0 aliphatic carbocycles. The Morgan fingerprint density at radius 2 is 2.11 bits per heavy atom. The molecule has 1 fully saturated rings. The number of rotatable bonds is 3. The van der Waals surface area contributed by atoms with Crippen LogP contribution in [0.15, 0.2) is 24.3 Å². The van der Waals surface area contributed by atoms with Gasteiger partial charge in [0.05, 0.1) is 4.92 Å². The van der Waals surface area contributed by atoms with E-state index in [1.165, 1.54) is 12.1 Å². The van der Waals surface area contributed by atoms with E-state index in [4.69, 9.17) is 0 Å². The van der Waals surface area contributed by atoms with Gasteiger partial charge in [-0.3, -0.25) is 14.9 Å². The maximum atomic E-state index is 12.3. The van der Waals surface area contributed by atoms with Gasteiger partial charge in [-0.2, -0.15) is 0 Å². The summed E-state index contributed by atoms with van der Waals surface area (Å²) in [7, 11) is 0. The van der Waals surface area contributed by atoms with Gasteiger partial charge < -0.3 is 10.6 Å². The summed E-state index contributed by atoms with van der Waals surface area (Å²) < 4.78 is 0. The maximum absolute atomic E-state index is 12.3. The first kappa shape index (κ1) is 13.5. The monoisotopic (exact) mass is 263 g/mol. The number of carbonyl (C=O) groups is 1. The lowest BCUT2D eigenvalue weighted by molar-refractivity contribution is -0.384. The number of nitro groups is 1. The fourth-order valence-electron chi connectivity index (χ4n) is 2.18. The van der Waals surface area contributed by atoms with Crippen molar-refractivity contribution in [1.29, 1.82) is 0 Å². The lowest BCUT2D eigenvalue weighted by Crippen LogP contribution is -2.42. The van der Waals surface area contributed by atoms with Crippen LogP contribution < -0.4 is 10.6 Å². The zero-order valence-electron chi connectivity index (χ0n) is 10.8. The van der Waals surface area contributed by atoms with E-state index in [0.29, 0.717) is 5.69 Å².